The van der Waals surface area contributed by atoms with Crippen LogP contribution in [0.5, 0.6) is 0 Å². The van der Waals surface area contributed by atoms with E-state index in [1.54, 1.807) is 0 Å². The van der Waals surface area contributed by atoms with Gasteiger partial charge in [0.15, 0.2) is 0 Å². The number of rotatable bonds is 4. The van der Waals surface area contributed by atoms with Crippen molar-refractivity contribution in [3.63, 3.8) is 0 Å². The minimum absolute atomic E-state index is 0.332. The van der Waals surface area contributed by atoms with E-state index in [-0.39, 0.29) is 0 Å². The van der Waals surface area contributed by atoms with Crippen LogP contribution in [-0.2, 0) is 0 Å². The number of likely N-dealkylation sites (N-methyl/N-ethyl adjacent to an activating group) is 1. The van der Waals surface area contributed by atoms with E-state index >= 15 is 0 Å². The van der Waals surface area contributed by atoms with Crippen LogP contribution in [0.15, 0.2) is 0 Å². The fourth-order valence-electron chi connectivity index (χ4n) is 2.53. The van der Waals surface area contributed by atoms with Crippen molar-refractivity contribution in [3.05, 3.63) is 0 Å². The lowest BCUT2D eigenvalue weighted by Gasteiger charge is -2.41. The highest BCUT2D eigenvalue weighted by molar-refractivity contribution is 4.85. The first-order chi connectivity index (χ1) is 7.04. The number of aliphatic hydroxyl groups excluding tert-OH is 1. The van der Waals surface area contributed by atoms with Gasteiger partial charge in [-0.1, -0.05) is 13.8 Å². The standard InChI is InChI=1S/C12H26N2O/c1-10(2)7-14-6-5-11(9-15)12(8-14)13(3)4/h10-12,15H,5-9H2,1-4H3/t11-,12-/m1/s1. The second-order valence-electron chi connectivity index (χ2n) is 5.42. The summed E-state index contributed by atoms with van der Waals surface area (Å²) in [6, 6.07) is 0.516. The molecule has 90 valence electrons. The lowest BCUT2D eigenvalue weighted by atomic mass is 9.91. The maximum Gasteiger partial charge on any atom is 0.0475 e. The van der Waals surface area contributed by atoms with Crippen LogP contribution in [0.3, 0.4) is 0 Å². The molecular weight excluding hydrogens is 188 g/mol. The zero-order valence-electron chi connectivity index (χ0n) is 10.6. The summed E-state index contributed by atoms with van der Waals surface area (Å²) in [6.07, 6.45) is 1.13. The Hall–Kier alpha value is -0.120. The maximum atomic E-state index is 9.33. The number of piperidine rings is 1. The molecule has 1 aliphatic rings. The van der Waals surface area contributed by atoms with Crippen LogP contribution < -0.4 is 0 Å². The monoisotopic (exact) mass is 214 g/mol. The number of aliphatic hydroxyl groups is 1. The predicted octanol–water partition coefficient (Wildman–Crippen LogP) is 0.887. The zero-order chi connectivity index (χ0) is 11.4. The van der Waals surface area contributed by atoms with Gasteiger partial charge in [-0.3, -0.25) is 0 Å². The van der Waals surface area contributed by atoms with Gasteiger partial charge >= 0.3 is 0 Å². The topological polar surface area (TPSA) is 26.7 Å². The van der Waals surface area contributed by atoms with Crippen LogP contribution in [0.2, 0.25) is 0 Å². The molecule has 1 N–H and O–H groups in total. The van der Waals surface area contributed by atoms with Gasteiger partial charge in [-0.25, -0.2) is 0 Å². The van der Waals surface area contributed by atoms with E-state index in [2.05, 4.69) is 37.7 Å². The summed E-state index contributed by atoms with van der Waals surface area (Å²) in [6.45, 7) is 8.30. The van der Waals surface area contributed by atoms with E-state index in [0.29, 0.717) is 18.6 Å². The van der Waals surface area contributed by atoms with Crippen LogP contribution in [0.1, 0.15) is 20.3 Å². The summed E-state index contributed by atoms with van der Waals surface area (Å²) in [5, 5.41) is 9.33. The number of likely N-dealkylation sites (tertiary alicyclic amines) is 1. The molecule has 0 radical (unpaired) electrons. The molecule has 1 saturated heterocycles. The number of hydrogen-bond donors (Lipinski definition) is 1. The van der Waals surface area contributed by atoms with Crippen molar-refractivity contribution in [2.75, 3.05) is 40.3 Å². The second kappa shape index (κ2) is 5.83. The lowest BCUT2D eigenvalue weighted by molar-refractivity contribution is 0.0447. The molecule has 15 heavy (non-hydrogen) atoms. The van der Waals surface area contributed by atoms with Crippen molar-refractivity contribution in [1.82, 2.24) is 9.80 Å². The van der Waals surface area contributed by atoms with E-state index in [4.69, 9.17) is 0 Å². The Balaban J connectivity index is 2.50. The highest BCUT2D eigenvalue weighted by Crippen LogP contribution is 2.21. The fourth-order valence-corrected chi connectivity index (χ4v) is 2.53. The van der Waals surface area contributed by atoms with E-state index in [0.717, 1.165) is 25.4 Å². The Morgan fingerprint density at radius 1 is 1.40 bits per heavy atom. The summed E-state index contributed by atoms with van der Waals surface area (Å²) in [4.78, 5) is 4.79. The molecule has 1 heterocycles. The average molecular weight is 214 g/mol. The molecule has 0 aromatic carbocycles. The van der Waals surface area contributed by atoms with Crippen LogP contribution in [-0.4, -0.2) is 61.3 Å². The minimum atomic E-state index is 0.332. The summed E-state index contributed by atoms with van der Waals surface area (Å²) in [7, 11) is 4.23. The van der Waals surface area contributed by atoms with Crippen molar-refractivity contribution in [2.45, 2.75) is 26.3 Å². The van der Waals surface area contributed by atoms with Gasteiger partial charge in [-0.2, -0.15) is 0 Å². The highest BCUT2D eigenvalue weighted by Gasteiger charge is 2.30. The van der Waals surface area contributed by atoms with Gasteiger partial charge in [0.05, 0.1) is 0 Å². The Kier molecular flexibility index (Phi) is 5.03. The third-order valence-corrected chi connectivity index (χ3v) is 3.33. The first-order valence-corrected chi connectivity index (χ1v) is 6.04. The molecule has 0 aromatic rings. The summed E-state index contributed by atoms with van der Waals surface area (Å²) >= 11 is 0. The second-order valence-corrected chi connectivity index (χ2v) is 5.42. The van der Waals surface area contributed by atoms with Crippen molar-refractivity contribution >= 4 is 0 Å². The number of nitrogens with zero attached hydrogens (tertiary/aromatic N) is 2. The fraction of sp³-hybridized carbons (Fsp3) is 1.00. The van der Waals surface area contributed by atoms with Gasteiger partial charge in [0, 0.05) is 25.7 Å². The van der Waals surface area contributed by atoms with Crippen molar-refractivity contribution < 1.29 is 5.11 Å². The van der Waals surface area contributed by atoms with Gasteiger partial charge in [-0.15, -0.1) is 0 Å². The van der Waals surface area contributed by atoms with Gasteiger partial charge in [0.2, 0.25) is 0 Å². The highest BCUT2D eigenvalue weighted by atomic mass is 16.3. The van der Waals surface area contributed by atoms with Gasteiger partial charge in [0.1, 0.15) is 0 Å². The first-order valence-electron chi connectivity index (χ1n) is 6.04. The Bertz CT molecular complexity index is 182. The Morgan fingerprint density at radius 3 is 2.53 bits per heavy atom. The molecular formula is C12H26N2O. The Labute approximate surface area is 94.1 Å². The predicted molar refractivity (Wildman–Crippen MR) is 63.9 cm³/mol. The molecule has 0 amide bonds. The third kappa shape index (κ3) is 3.74. The van der Waals surface area contributed by atoms with E-state index in [1.165, 1.54) is 6.54 Å². The maximum absolute atomic E-state index is 9.33. The molecule has 2 atom stereocenters. The van der Waals surface area contributed by atoms with E-state index < -0.39 is 0 Å². The van der Waals surface area contributed by atoms with E-state index in [9.17, 15) is 5.11 Å². The molecule has 1 aliphatic heterocycles. The zero-order valence-corrected chi connectivity index (χ0v) is 10.6. The molecule has 0 bridgehead atoms. The van der Waals surface area contributed by atoms with Crippen LogP contribution in [0.4, 0.5) is 0 Å². The molecule has 0 spiro atoms. The molecule has 3 nitrogen and oxygen atoms in total. The van der Waals surface area contributed by atoms with Crippen molar-refractivity contribution in [3.8, 4) is 0 Å². The van der Waals surface area contributed by atoms with E-state index in [1.807, 2.05) is 0 Å². The summed E-state index contributed by atoms with van der Waals surface area (Å²) in [5.41, 5.74) is 0. The first kappa shape index (κ1) is 12.9. The van der Waals surface area contributed by atoms with Gasteiger partial charge < -0.3 is 14.9 Å². The molecule has 0 unspecified atom stereocenters. The third-order valence-electron chi connectivity index (χ3n) is 3.33. The van der Waals surface area contributed by atoms with Gasteiger partial charge in [-0.05, 0) is 38.9 Å². The largest absolute Gasteiger partial charge is 0.396 e. The van der Waals surface area contributed by atoms with Crippen LogP contribution in [0.25, 0.3) is 0 Å². The number of hydrogen-bond acceptors (Lipinski definition) is 3. The molecule has 1 rings (SSSR count). The van der Waals surface area contributed by atoms with Crippen molar-refractivity contribution in [2.24, 2.45) is 11.8 Å². The molecule has 0 aliphatic carbocycles. The smallest absolute Gasteiger partial charge is 0.0475 e. The SMILES string of the molecule is CC(C)CN1CC[C@H](CO)[C@H](N(C)C)C1. The average Bonchev–Trinajstić information content (AvgIpc) is 2.16. The quantitative estimate of drug-likeness (QED) is 0.753. The normalized spacial score (nSPS) is 29.0. The lowest BCUT2D eigenvalue weighted by Crippen LogP contribution is -2.52. The molecule has 0 saturated carbocycles. The molecule has 3 heteroatoms. The summed E-state index contributed by atoms with van der Waals surface area (Å²) < 4.78 is 0. The van der Waals surface area contributed by atoms with Crippen molar-refractivity contribution in [1.29, 1.82) is 0 Å². The van der Waals surface area contributed by atoms with Crippen LogP contribution in [0, 0.1) is 11.8 Å². The summed E-state index contributed by atoms with van der Waals surface area (Å²) in [5.74, 6) is 1.20. The molecule has 0 aromatic heterocycles. The minimum Gasteiger partial charge on any atom is -0.396 e. The Morgan fingerprint density at radius 2 is 2.07 bits per heavy atom. The van der Waals surface area contributed by atoms with Crippen LogP contribution >= 0.6 is 0 Å². The molecule has 1 fully saturated rings. The van der Waals surface area contributed by atoms with Gasteiger partial charge in [0.25, 0.3) is 0 Å².